The van der Waals surface area contributed by atoms with E-state index in [0.717, 1.165) is 10.6 Å². The minimum absolute atomic E-state index is 0.105. The molecule has 1 atom stereocenters. The number of fused-ring (bicyclic) bond motifs is 1. The van der Waals surface area contributed by atoms with Crippen LogP contribution in [0.1, 0.15) is 13.3 Å². The summed E-state index contributed by atoms with van der Waals surface area (Å²) in [5.74, 6) is -0.399. The van der Waals surface area contributed by atoms with Gasteiger partial charge < -0.3 is 10.2 Å². The van der Waals surface area contributed by atoms with Gasteiger partial charge in [0.15, 0.2) is 0 Å². The zero-order valence-corrected chi connectivity index (χ0v) is 17.6. The van der Waals surface area contributed by atoms with E-state index in [1.807, 2.05) is 11.8 Å². The summed E-state index contributed by atoms with van der Waals surface area (Å²) in [7, 11) is -3.66. The molecule has 1 amide bonds. The lowest BCUT2D eigenvalue weighted by Gasteiger charge is -2.35. The fraction of sp³-hybridized carbons (Fsp3) is 0.350. The number of hydrogen-bond donors (Lipinski definition) is 1. The van der Waals surface area contributed by atoms with Crippen LogP contribution in [0.3, 0.4) is 0 Å². The van der Waals surface area contributed by atoms with E-state index in [2.05, 4.69) is 5.32 Å². The minimum atomic E-state index is -3.66. The van der Waals surface area contributed by atoms with Crippen molar-refractivity contribution in [3.8, 4) is 0 Å². The van der Waals surface area contributed by atoms with Gasteiger partial charge in [0.2, 0.25) is 15.9 Å². The average Bonchev–Trinajstić information content (AvgIpc) is 2.84. The maximum absolute atomic E-state index is 13.1. The van der Waals surface area contributed by atoms with Crippen molar-refractivity contribution >= 4 is 39.1 Å². The second-order valence-corrected chi connectivity index (χ2v) is 10.6. The summed E-state index contributed by atoms with van der Waals surface area (Å²) in [6, 6.07) is 11.1. The molecule has 1 N–H and O–H groups in total. The summed E-state index contributed by atoms with van der Waals surface area (Å²) < 4.78 is 40.8. The number of nitrogens with zero attached hydrogens (tertiary/aromatic N) is 2. The Labute approximate surface area is 174 Å². The lowest BCUT2D eigenvalue weighted by molar-refractivity contribution is -0.116. The van der Waals surface area contributed by atoms with E-state index in [4.69, 9.17) is 0 Å². The van der Waals surface area contributed by atoms with E-state index in [1.54, 1.807) is 42.1 Å². The molecule has 2 aliphatic rings. The molecule has 2 aliphatic heterocycles. The molecule has 1 fully saturated rings. The van der Waals surface area contributed by atoms with Gasteiger partial charge in [0, 0.05) is 48.4 Å². The summed E-state index contributed by atoms with van der Waals surface area (Å²) in [6.07, 6.45) is 0.396. The quantitative estimate of drug-likeness (QED) is 0.802. The molecule has 29 heavy (non-hydrogen) atoms. The molecule has 0 unspecified atom stereocenters. The molecular formula is C20H22FN3O3S2. The second-order valence-electron chi connectivity index (χ2n) is 7.21. The van der Waals surface area contributed by atoms with Crippen LogP contribution in [0.4, 0.5) is 15.8 Å². The van der Waals surface area contributed by atoms with Crippen molar-refractivity contribution in [1.29, 1.82) is 0 Å². The van der Waals surface area contributed by atoms with Crippen molar-refractivity contribution in [1.82, 2.24) is 4.31 Å². The van der Waals surface area contributed by atoms with Crippen LogP contribution >= 0.6 is 11.8 Å². The summed E-state index contributed by atoms with van der Waals surface area (Å²) in [5.41, 5.74) is 1.43. The highest BCUT2D eigenvalue weighted by Crippen LogP contribution is 2.36. The van der Waals surface area contributed by atoms with Crippen LogP contribution in [0.15, 0.2) is 52.3 Å². The van der Waals surface area contributed by atoms with Crippen LogP contribution in [-0.2, 0) is 14.8 Å². The standard InChI is InChI=1S/C20H22FN3O3S2/c1-14-12-20(25)22-18-13-17(6-7-19(18)28-14)29(26,27)24-10-8-23(9-11-24)16-4-2-15(21)3-5-16/h2-7,13-14H,8-12H2,1H3,(H,22,25)/t14-/m1/s1. The first kappa shape index (κ1) is 20.2. The molecule has 0 aromatic heterocycles. The van der Waals surface area contributed by atoms with E-state index >= 15 is 0 Å². The molecule has 0 bridgehead atoms. The highest BCUT2D eigenvalue weighted by Gasteiger charge is 2.30. The highest BCUT2D eigenvalue weighted by atomic mass is 32.2. The predicted octanol–water partition coefficient (Wildman–Crippen LogP) is 3.16. The zero-order chi connectivity index (χ0) is 20.6. The van der Waals surface area contributed by atoms with E-state index in [9.17, 15) is 17.6 Å². The van der Waals surface area contributed by atoms with Gasteiger partial charge in [-0.25, -0.2) is 12.8 Å². The molecular weight excluding hydrogens is 413 g/mol. The minimum Gasteiger partial charge on any atom is -0.369 e. The van der Waals surface area contributed by atoms with Gasteiger partial charge in [-0.1, -0.05) is 6.92 Å². The smallest absolute Gasteiger partial charge is 0.243 e. The third-order valence-electron chi connectivity index (χ3n) is 5.09. The molecule has 2 aromatic carbocycles. The first-order valence-corrected chi connectivity index (χ1v) is 11.8. The summed E-state index contributed by atoms with van der Waals surface area (Å²) in [6.45, 7) is 3.72. The predicted molar refractivity (Wildman–Crippen MR) is 112 cm³/mol. The molecule has 0 radical (unpaired) electrons. The van der Waals surface area contributed by atoms with Crippen molar-refractivity contribution < 1.29 is 17.6 Å². The first-order chi connectivity index (χ1) is 13.8. The number of benzene rings is 2. The largest absolute Gasteiger partial charge is 0.369 e. The third-order valence-corrected chi connectivity index (χ3v) is 8.17. The van der Waals surface area contributed by atoms with Crippen molar-refractivity contribution in [3.63, 3.8) is 0 Å². The highest BCUT2D eigenvalue weighted by molar-refractivity contribution is 8.00. The Balaban J connectivity index is 1.51. The fourth-order valence-electron chi connectivity index (χ4n) is 3.58. The van der Waals surface area contributed by atoms with Crippen LogP contribution in [0.25, 0.3) is 0 Å². The van der Waals surface area contributed by atoms with Gasteiger partial charge in [-0.15, -0.1) is 11.8 Å². The Morgan fingerprint density at radius 2 is 1.76 bits per heavy atom. The second kappa shape index (κ2) is 7.97. The normalized spacial score (nSPS) is 20.7. The third kappa shape index (κ3) is 4.26. The number of sulfonamides is 1. The molecule has 2 heterocycles. The summed E-state index contributed by atoms with van der Waals surface area (Å²) in [4.78, 5) is 15.1. The van der Waals surface area contributed by atoms with E-state index in [0.29, 0.717) is 38.3 Å². The monoisotopic (exact) mass is 435 g/mol. The Kier molecular flexibility index (Phi) is 5.54. The van der Waals surface area contributed by atoms with E-state index in [1.165, 1.54) is 16.4 Å². The Morgan fingerprint density at radius 1 is 1.07 bits per heavy atom. The van der Waals surface area contributed by atoms with Crippen LogP contribution < -0.4 is 10.2 Å². The molecule has 9 heteroatoms. The van der Waals surface area contributed by atoms with Crippen molar-refractivity contribution in [2.75, 3.05) is 36.4 Å². The molecule has 0 saturated carbocycles. The van der Waals surface area contributed by atoms with Gasteiger partial charge in [0.05, 0.1) is 10.6 Å². The van der Waals surface area contributed by atoms with Crippen LogP contribution in [0.2, 0.25) is 0 Å². The van der Waals surface area contributed by atoms with Gasteiger partial charge >= 0.3 is 0 Å². The lowest BCUT2D eigenvalue weighted by Crippen LogP contribution is -2.48. The number of rotatable bonds is 3. The van der Waals surface area contributed by atoms with Gasteiger partial charge in [0.25, 0.3) is 0 Å². The Bertz CT molecular complexity index is 1020. The number of anilines is 2. The molecule has 6 nitrogen and oxygen atoms in total. The van der Waals surface area contributed by atoms with Gasteiger partial charge in [-0.3, -0.25) is 4.79 Å². The number of nitrogens with one attached hydrogen (secondary N) is 1. The number of carbonyl (C=O) groups excluding carboxylic acids is 1. The average molecular weight is 436 g/mol. The number of halogens is 1. The molecule has 0 aliphatic carbocycles. The summed E-state index contributed by atoms with van der Waals surface area (Å²) >= 11 is 1.57. The number of carbonyl (C=O) groups is 1. The maximum Gasteiger partial charge on any atom is 0.243 e. The van der Waals surface area contributed by atoms with Crippen LogP contribution in [-0.4, -0.2) is 50.1 Å². The molecule has 2 aromatic rings. The van der Waals surface area contributed by atoms with Crippen molar-refractivity contribution in [2.45, 2.75) is 28.4 Å². The number of amides is 1. The van der Waals surface area contributed by atoms with Gasteiger partial charge in [0.1, 0.15) is 5.82 Å². The summed E-state index contributed by atoms with van der Waals surface area (Å²) in [5, 5.41) is 2.96. The Morgan fingerprint density at radius 3 is 2.45 bits per heavy atom. The number of hydrogen-bond acceptors (Lipinski definition) is 5. The number of thioether (sulfide) groups is 1. The first-order valence-electron chi connectivity index (χ1n) is 9.44. The molecule has 0 spiro atoms. The maximum atomic E-state index is 13.1. The fourth-order valence-corrected chi connectivity index (χ4v) is 6.08. The number of piperazine rings is 1. The topological polar surface area (TPSA) is 69.7 Å². The molecule has 1 saturated heterocycles. The van der Waals surface area contributed by atoms with Crippen molar-refractivity contribution in [3.05, 3.63) is 48.3 Å². The van der Waals surface area contributed by atoms with Crippen LogP contribution in [0.5, 0.6) is 0 Å². The van der Waals surface area contributed by atoms with Gasteiger partial charge in [-0.05, 0) is 42.5 Å². The lowest BCUT2D eigenvalue weighted by atomic mass is 10.2. The SMILES string of the molecule is C[C@@H]1CC(=O)Nc2cc(S(=O)(=O)N3CCN(c4ccc(F)cc4)CC3)ccc2S1. The molecule has 4 rings (SSSR count). The molecule has 154 valence electrons. The van der Waals surface area contributed by atoms with Crippen molar-refractivity contribution in [2.24, 2.45) is 0 Å². The van der Waals surface area contributed by atoms with Crippen LogP contribution in [0, 0.1) is 5.82 Å². The van der Waals surface area contributed by atoms with E-state index < -0.39 is 10.0 Å². The zero-order valence-electron chi connectivity index (χ0n) is 16.0. The van der Waals surface area contributed by atoms with E-state index in [-0.39, 0.29) is 21.9 Å². The Hall–Kier alpha value is -2.10. The van der Waals surface area contributed by atoms with Gasteiger partial charge in [-0.2, -0.15) is 4.31 Å².